The predicted molar refractivity (Wildman–Crippen MR) is 90.6 cm³/mol. The van der Waals surface area contributed by atoms with Gasteiger partial charge in [0.2, 0.25) is 10.0 Å². The van der Waals surface area contributed by atoms with Gasteiger partial charge in [0.1, 0.15) is 11.6 Å². The molecule has 1 aromatic heterocycles. The maximum absolute atomic E-state index is 12.8. The molecule has 1 heterocycles. The zero-order valence-corrected chi connectivity index (χ0v) is 13.9. The molecule has 3 N–H and O–H groups in total. The van der Waals surface area contributed by atoms with Gasteiger partial charge < -0.3 is 14.7 Å². The molecule has 132 valence electrons. The van der Waals surface area contributed by atoms with Gasteiger partial charge in [0.15, 0.2) is 0 Å². The number of H-pyrrole nitrogens is 2. The van der Waals surface area contributed by atoms with Gasteiger partial charge in [0.25, 0.3) is 0 Å². The lowest BCUT2D eigenvalue weighted by Crippen LogP contribution is -2.25. The molecule has 9 heteroatoms. The number of fused-ring (bicyclic) bond motifs is 1. The third-order valence-corrected chi connectivity index (χ3v) is 4.95. The van der Waals surface area contributed by atoms with Crippen molar-refractivity contribution < 1.29 is 17.5 Å². The smallest absolute Gasteiger partial charge is 0.323 e. The van der Waals surface area contributed by atoms with Crippen molar-refractivity contribution in [2.45, 2.75) is 11.3 Å². The van der Waals surface area contributed by atoms with Crippen LogP contribution in [0.3, 0.4) is 0 Å². The van der Waals surface area contributed by atoms with Crippen molar-refractivity contribution in [1.82, 2.24) is 14.7 Å². The van der Waals surface area contributed by atoms with E-state index in [1.54, 1.807) is 0 Å². The maximum atomic E-state index is 12.8. The first kappa shape index (κ1) is 17.2. The van der Waals surface area contributed by atoms with Crippen LogP contribution in [0.25, 0.3) is 11.0 Å². The van der Waals surface area contributed by atoms with Gasteiger partial charge in [-0.05, 0) is 48.9 Å². The van der Waals surface area contributed by atoms with E-state index in [2.05, 4.69) is 14.7 Å². The first-order chi connectivity index (χ1) is 11.9. The van der Waals surface area contributed by atoms with Crippen LogP contribution in [0.15, 0.2) is 52.2 Å². The number of imidazole rings is 1. The lowest BCUT2D eigenvalue weighted by Gasteiger charge is -2.08. The summed E-state index contributed by atoms with van der Waals surface area (Å²) in [6.07, 6.45) is 0.444. The average Bonchev–Trinajstić information content (AvgIpc) is 2.95. The molecule has 3 aromatic rings. The molecular formula is C16H16FN3O4S. The Morgan fingerprint density at radius 1 is 1.04 bits per heavy atom. The first-order valence-corrected chi connectivity index (χ1v) is 9.02. The van der Waals surface area contributed by atoms with Gasteiger partial charge >= 0.3 is 5.69 Å². The molecule has 0 bridgehead atoms. The normalized spacial score (nSPS) is 11.7. The number of aromatic amines is 2. The van der Waals surface area contributed by atoms with Crippen LogP contribution < -0.4 is 15.1 Å². The molecule has 0 saturated carbocycles. The number of ether oxygens (including phenoxy) is 1. The van der Waals surface area contributed by atoms with Gasteiger partial charge in [-0.25, -0.2) is 22.3 Å². The van der Waals surface area contributed by atoms with E-state index in [4.69, 9.17) is 4.74 Å². The van der Waals surface area contributed by atoms with Crippen molar-refractivity contribution in [3.05, 3.63) is 58.8 Å². The second-order valence-corrected chi connectivity index (χ2v) is 7.11. The number of hydrogen-bond donors (Lipinski definition) is 3. The van der Waals surface area contributed by atoms with E-state index in [1.807, 2.05) is 0 Å². The summed E-state index contributed by atoms with van der Waals surface area (Å²) < 4.78 is 45.2. The van der Waals surface area contributed by atoms with Crippen molar-refractivity contribution >= 4 is 21.1 Å². The monoisotopic (exact) mass is 365 g/mol. The van der Waals surface area contributed by atoms with E-state index >= 15 is 0 Å². The lowest BCUT2D eigenvalue weighted by atomic mass is 10.3. The van der Waals surface area contributed by atoms with Crippen LogP contribution in [-0.2, 0) is 10.0 Å². The van der Waals surface area contributed by atoms with Crippen LogP contribution in [0.2, 0.25) is 0 Å². The molecule has 0 amide bonds. The van der Waals surface area contributed by atoms with Crippen LogP contribution in [0, 0.1) is 5.82 Å². The van der Waals surface area contributed by atoms with E-state index in [9.17, 15) is 17.6 Å². The van der Waals surface area contributed by atoms with E-state index in [1.165, 1.54) is 42.5 Å². The summed E-state index contributed by atoms with van der Waals surface area (Å²) >= 11 is 0. The third kappa shape index (κ3) is 4.25. The standard InChI is InChI=1S/C16H16FN3O4S/c17-11-2-4-12(5-3-11)24-9-1-8-18-25(22,23)13-6-7-14-15(10-13)20-16(21)19-14/h2-7,10,18H,1,8-9H2,(H2,19,20,21). The number of aromatic nitrogens is 2. The van der Waals surface area contributed by atoms with Gasteiger partial charge in [-0.2, -0.15) is 0 Å². The Labute approximate surface area is 142 Å². The summed E-state index contributed by atoms with van der Waals surface area (Å²) in [5.74, 6) is 0.173. The van der Waals surface area contributed by atoms with Crippen LogP contribution in [-0.4, -0.2) is 31.5 Å². The second kappa shape index (κ2) is 7.08. The average molecular weight is 365 g/mol. The predicted octanol–water partition coefficient (Wildman–Crippen LogP) is 1.74. The van der Waals surface area contributed by atoms with Crippen molar-refractivity contribution in [2.24, 2.45) is 0 Å². The first-order valence-electron chi connectivity index (χ1n) is 7.54. The maximum Gasteiger partial charge on any atom is 0.323 e. The number of halogens is 1. The highest BCUT2D eigenvalue weighted by Crippen LogP contribution is 2.15. The number of rotatable bonds is 7. The molecule has 0 aliphatic carbocycles. The highest BCUT2D eigenvalue weighted by molar-refractivity contribution is 7.89. The van der Waals surface area contributed by atoms with E-state index in [-0.39, 0.29) is 23.9 Å². The summed E-state index contributed by atoms with van der Waals surface area (Å²) in [5, 5.41) is 0. The highest BCUT2D eigenvalue weighted by Gasteiger charge is 2.14. The zero-order valence-electron chi connectivity index (χ0n) is 13.1. The molecule has 0 fully saturated rings. The van der Waals surface area contributed by atoms with E-state index < -0.39 is 15.7 Å². The SMILES string of the molecule is O=c1[nH]c2ccc(S(=O)(=O)NCCCOc3ccc(F)cc3)cc2[nH]1. The third-order valence-electron chi connectivity index (χ3n) is 3.49. The number of sulfonamides is 1. The molecule has 0 aliphatic heterocycles. The molecule has 2 aromatic carbocycles. The van der Waals surface area contributed by atoms with E-state index in [0.29, 0.717) is 23.2 Å². The molecule has 0 atom stereocenters. The molecule has 0 radical (unpaired) electrons. The fraction of sp³-hybridized carbons (Fsp3) is 0.188. The van der Waals surface area contributed by atoms with Gasteiger partial charge in [0, 0.05) is 6.54 Å². The van der Waals surface area contributed by atoms with Crippen LogP contribution in [0.1, 0.15) is 6.42 Å². The molecule has 0 unspecified atom stereocenters. The van der Waals surface area contributed by atoms with Crippen LogP contribution in [0.4, 0.5) is 4.39 Å². The van der Waals surface area contributed by atoms with Crippen LogP contribution in [0.5, 0.6) is 5.75 Å². The van der Waals surface area contributed by atoms with Crippen molar-refractivity contribution in [3.8, 4) is 5.75 Å². The molecule has 25 heavy (non-hydrogen) atoms. The Balaban J connectivity index is 1.54. The Bertz CT molecular complexity index is 1030. The molecule has 0 spiro atoms. The van der Waals surface area contributed by atoms with Gasteiger partial charge in [0.05, 0.1) is 22.5 Å². The number of benzene rings is 2. The zero-order chi connectivity index (χ0) is 17.9. The Morgan fingerprint density at radius 2 is 1.76 bits per heavy atom. The minimum absolute atomic E-state index is 0.0645. The fourth-order valence-electron chi connectivity index (χ4n) is 2.26. The van der Waals surface area contributed by atoms with Gasteiger partial charge in [-0.3, -0.25) is 0 Å². The van der Waals surface area contributed by atoms with Crippen molar-refractivity contribution in [1.29, 1.82) is 0 Å². The Morgan fingerprint density at radius 3 is 2.52 bits per heavy atom. The number of hydrogen-bond acceptors (Lipinski definition) is 4. The second-order valence-electron chi connectivity index (χ2n) is 5.34. The summed E-state index contributed by atoms with van der Waals surface area (Å²) in [6.45, 7) is 0.476. The Hall–Kier alpha value is -2.65. The summed E-state index contributed by atoms with van der Waals surface area (Å²) in [5.41, 5.74) is 0.569. The van der Waals surface area contributed by atoms with Crippen molar-refractivity contribution in [3.63, 3.8) is 0 Å². The minimum Gasteiger partial charge on any atom is -0.494 e. The topological polar surface area (TPSA) is 104 Å². The molecular weight excluding hydrogens is 349 g/mol. The minimum atomic E-state index is -3.68. The fourth-order valence-corrected chi connectivity index (χ4v) is 3.36. The lowest BCUT2D eigenvalue weighted by molar-refractivity contribution is 0.311. The quantitative estimate of drug-likeness (QED) is 0.555. The van der Waals surface area contributed by atoms with Crippen molar-refractivity contribution in [2.75, 3.05) is 13.2 Å². The highest BCUT2D eigenvalue weighted by atomic mass is 32.2. The molecule has 7 nitrogen and oxygen atoms in total. The molecule has 3 rings (SSSR count). The van der Waals surface area contributed by atoms with Gasteiger partial charge in [-0.1, -0.05) is 0 Å². The molecule has 0 aliphatic rings. The largest absolute Gasteiger partial charge is 0.494 e. The number of nitrogens with one attached hydrogen (secondary N) is 3. The summed E-state index contributed by atoms with van der Waals surface area (Å²) in [6, 6.07) is 9.94. The summed E-state index contributed by atoms with van der Waals surface area (Å²) in [4.78, 5) is 16.4. The Kier molecular flexibility index (Phi) is 4.86. The van der Waals surface area contributed by atoms with E-state index in [0.717, 1.165) is 0 Å². The van der Waals surface area contributed by atoms with Crippen LogP contribution >= 0.6 is 0 Å². The van der Waals surface area contributed by atoms with Gasteiger partial charge in [-0.15, -0.1) is 0 Å². The summed E-state index contributed by atoms with van der Waals surface area (Å²) in [7, 11) is -3.68. The molecule has 0 saturated heterocycles.